The second-order valence-electron chi connectivity index (χ2n) is 5.32. The molecule has 0 bridgehead atoms. The van der Waals surface area contributed by atoms with E-state index in [-0.39, 0.29) is 0 Å². The van der Waals surface area contributed by atoms with E-state index in [0.717, 1.165) is 11.3 Å². The average molecular weight is 296 g/mol. The van der Waals surface area contributed by atoms with Gasteiger partial charge in [-0.05, 0) is 37.5 Å². The van der Waals surface area contributed by atoms with Gasteiger partial charge in [0.1, 0.15) is 5.54 Å². The van der Waals surface area contributed by atoms with Gasteiger partial charge in [0.25, 0.3) is 0 Å². The Morgan fingerprint density at radius 3 is 2.48 bits per heavy atom. The molecule has 21 heavy (non-hydrogen) atoms. The molecule has 0 saturated carbocycles. The van der Waals surface area contributed by atoms with E-state index in [4.69, 9.17) is 5.73 Å². The van der Waals surface area contributed by atoms with E-state index in [1.54, 1.807) is 11.8 Å². The molecule has 0 saturated heterocycles. The SMILES string of the molecule is Cc1ccc(SCCC(N)(C#N)c2ccccc2)c(C)c1. The topological polar surface area (TPSA) is 49.8 Å². The largest absolute Gasteiger partial charge is 0.310 e. The number of hydrogen-bond donors (Lipinski definition) is 1. The van der Waals surface area contributed by atoms with Crippen LogP contribution in [0.5, 0.6) is 0 Å². The molecule has 0 amide bonds. The van der Waals surface area contributed by atoms with Gasteiger partial charge in [-0.15, -0.1) is 11.8 Å². The summed E-state index contributed by atoms with van der Waals surface area (Å²) in [6.45, 7) is 4.21. The Hall–Kier alpha value is -1.76. The molecule has 0 fully saturated rings. The van der Waals surface area contributed by atoms with Crippen LogP contribution in [-0.4, -0.2) is 5.75 Å². The van der Waals surface area contributed by atoms with Crippen LogP contribution in [0.25, 0.3) is 0 Å². The summed E-state index contributed by atoms with van der Waals surface area (Å²) >= 11 is 1.76. The minimum atomic E-state index is -0.910. The van der Waals surface area contributed by atoms with Gasteiger partial charge in [-0.25, -0.2) is 0 Å². The predicted molar refractivity (Wildman–Crippen MR) is 89.2 cm³/mol. The third kappa shape index (κ3) is 3.87. The first-order valence-corrected chi connectivity index (χ1v) is 7.99. The highest BCUT2D eigenvalue weighted by Crippen LogP contribution is 2.28. The summed E-state index contributed by atoms with van der Waals surface area (Å²) in [6, 6.07) is 18.3. The first kappa shape index (κ1) is 15.6. The molecule has 2 N–H and O–H groups in total. The number of nitrogens with zero attached hydrogens (tertiary/aromatic N) is 1. The van der Waals surface area contributed by atoms with Gasteiger partial charge in [0.05, 0.1) is 6.07 Å². The Bertz CT molecular complexity index is 646. The summed E-state index contributed by atoms with van der Waals surface area (Å²) in [5.41, 5.74) is 8.79. The third-order valence-corrected chi connectivity index (χ3v) is 4.75. The van der Waals surface area contributed by atoms with Gasteiger partial charge in [-0.2, -0.15) is 5.26 Å². The lowest BCUT2D eigenvalue weighted by molar-refractivity contribution is 0.560. The van der Waals surface area contributed by atoms with E-state index >= 15 is 0 Å². The molecule has 2 aromatic carbocycles. The van der Waals surface area contributed by atoms with Gasteiger partial charge >= 0.3 is 0 Å². The van der Waals surface area contributed by atoms with Crippen molar-refractivity contribution < 1.29 is 0 Å². The standard InChI is InChI=1S/C18H20N2S/c1-14-8-9-17(15(2)12-14)21-11-10-18(20,13-19)16-6-4-3-5-7-16/h3-9,12H,10-11,20H2,1-2H3. The lowest BCUT2D eigenvalue weighted by Gasteiger charge is -2.22. The van der Waals surface area contributed by atoms with Crippen LogP contribution >= 0.6 is 11.8 Å². The summed E-state index contributed by atoms with van der Waals surface area (Å²) in [5.74, 6) is 0.822. The van der Waals surface area contributed by atoms with E-state index in [0.29, 0.717) is 6.42 Å². The second-order valence-corrected chi connectivity index (χ2v) is 6.45. The molecule has 2 nitrogen and oxygen atoms in total. The Morgan fingerprint density at radius 2 is 1.86 bits per heavy atom. The van der Waals surface area contributed by atoms with Crippen molar-refractivity contribution in [3.8, 4) is 6.07 Å². The van der Waals surface area contributed by atoms with E-state index in [2.05, 4.69) is 38.1 Å². The van der Waals surface area contributed by atoms with Gasteiger partial charge in [0, 0.05) is 10.6 Å². The first-order valence-electron chi connectivity index (χ1n) is 7.01. The van der Waals surface area contributed by atoms with Crippen LogP contribution in [0.3, 0.4) is 0 Å². The van der Waals surface area contributed by atoms with E-state index in [1.165, 1.54) is 16.0 Å². The number of nitrogens with two attached hydrogens (primary N) is 1. The van der Waals surface area contributed by atoms with Crippen LogP contribution in [0.1, 0.15) is 23.1 Å². The van der Waals surface area contributed by atoms with Gasteiger partial charge in [-0.1, -0.05) is 48.0 Å². The Morgan fingerprint density at radius 1 is 1.14 bits per heavy atom. The minimum absolute atomic E-state index is 0.630. The number of thioether (sulfide) groups is 1. The molecule has 0 aliphatic heterocycles. The molecule has 0 aliphatic rings. The summed E-state index contributed by atoms with van der Waals surface area (Å²) in [6.07, 6.45) is 0.630. The Balaban J connectivity index is 2.03. The molecule has 108 valence electrons. The van der Waals surface area contributed by atoms with Gasteiger partial charge in [0.2, 0.25) is 0 Å². The monoisotopic (exact) mass is 296 g/mol. The number of nitriles is 1. The summed E-state index contributed by atoms with van der Waals surface area (Å²) in [5, 5.41) is 9.44. The zero-order valence-corrected chi connectivity index (χ0v) is 13.3. The Labute approximate surface area is 131 Å². The minimum Gasteiger partial charge on any atom is -0.310 e. The summed E-state index contributed by atoms with van der Waals surface area (Å²) < 4.78 is 0. The number of hydrogen-bond acceptors (Lipinski definition) is 3. The molecular formula is C18H20N2S. The van der Waals surface area contributed by atoms with Crippen LogP contribution in [0, 0.1) is 25.2 Å². The van der Waals surface area contributed by atoms with E-state index < -0.39 is 5.54 Å². The summed E-state index contributed by atoms with van der Waals surface area (Å²) in [4.78, 5) is 1.26. The lowest BCUT2D eigenvalue weighted by Crippen LogP contribution is -2.35. The van der Waals surface area contributed by atoms with Crippen LogP contribution in [0.4, 0.5) is 0 Å². The highest BCUT2D eigenvalue weighted by molar-refractivity contribution is 7.99. The molecule has 1 unspecified atom stereocenters. The molecule has 0 aliphatic carbocycles. The van der Waals surface area contributed by atoms with E-state index in [1.807, 2.05) is 30.3 Å². The third-order valence-electron chi connectivity index (χ3n) is 3.57. The van der Waals surface area contributed by atoms with Crippen molar-refractivity contribution in [1.29, 1.82) is 5.26 Å². The smallest absolute Gasteiger partial charge is 0.130 e. The molecule has 2 aromatic rings. The quantitative estimate of drug-likeness (QED) is 0.843. The van der Waals surface area contributed by atoms with Gasteiger partial charge in [0.15, 0.2) is 0 Å². The van der Waals surface area contributed by atoms with Crippen molar-refractivity contribution in [2.75, 3.05) is 5.75 Å². The maximum Gasteiger partial charge on any atom is 0.130 e. The highest BCUT2D eigenvalue weighted by atomic mass is 32.2. The normalized spacial score (nSPS) is 13.4. The zero-order valence-electron chi connectivity index (χ0n) is 12.5. The van der Waals surface area contributed by atoms with E-state index in [9.17, 15) is 5.26 Å². The van der Waals surface area contributed by atoms with Crippen molar-refractivity contribution in [3.63, 3.8) is 0 Å². The molecule has 3 heteroatoms. The fourth-order valence-corrected chi connectivity index (χ4v) is 3.38. The zero-order chi connectivity index (χ0) is 15.3. The maximum absolute atomic E-state index is 9.44. The number of rotatable bonds is 5. The number of benzene rings is 2. The molecule has 0 radical (unpaired) electrons. The maximum atomic E-state index is 9.44. The van der Waals surface area contributed by atoms with Crippen LogP contribution in [0.15, 0.2) is 53.4 Å². The van der Waals surface area contributed by atoms with Crippen molar-refractivity contribution in [3.05, 3.63) is 65.2 Å². The predicted octanol–water partition coefficient (Wildman–Crippen LogP) is 4.16. The Kier molecular flexibility index (Phi) is 5.06. The van der Waals surface area contributed by atoms with Crippen molar-refractivity contribution in [2.24, 2.45) is 5.73 Å². The van der Waals surface area contributed by atoms with Gasteiger partial charge in [-0.3, -0.25) is 0 Å². The van der Waals surface area contributed by atoms with Crippen LogP contribution < -0.4 is 5.73 Å². The van der Waals surface area contributed by atoms with Crippen molar-refractivity contribution in [2.45, 2.75) is 30.7 Å². The fourth-order valence-electron chi connectivity index (χ4n) is 2.28. The van der Waals surface area contributed by atoms with Crippen LogP contribution in [0.2, 0.25) is 0 Å². The molecule has 0 heterocycles. The first-order chi connectivity index (χ1) is 10.0. The fraction of sp³-hybridized carbons (Fsp3) is 0.278. The summed E-state index contributed by atoms with van der Waals surface area (Å²) in [7, 11) is 0. The van der Waals surface area contributed by atoms with Crippen molar-refractivity contribution >= 4 is 11.8 Å². The second kappa shape index (κ2) is 6.80. The number of aryl methyl sites for hydroxylation is 2. The van der Waals surface area contributed by atoms with Gasteiger partial charge < -0.3 is 5.73 Å². The molecule has 1 atom stereocenters. The molecule has 0 aromatic heterocycles. The molecule has 0 spiro atoms. The van der Waals surface area contributed by atoms with Crippen molar-refractivity contribution in [1.82, 2.24) is 0 Å². The highest BCUT2D eigenvalue weighted by Gasteiger charge is 2.26. The molecule has 2 rings (SSSR count). The lowest BCUT2D eigenvalue weighted by atomic mass is 9.90. The average Bonchev–Trinajstić information content (AvgIpc) is 2.50. The molecular weight excluding hydrogens is 276 g/mol. The van der Waals surface area contributed by atoms with Crippen LogP contribution in [-0.2, 0) is 5.54 Å².